The standard InChI is InChI=1S/C25H27NO7/c1-15-11-26(12-16(2)33-15)24(27)14-31-18-6-7-19-22(10-18)32-13-20(25(19)28)17-5-8-21(29-3)23(9-17)30-4/h5-10,13,15-16H,11-12,14H2,1-4H3/t15-,16-/m0/s1. The average Bonchev–Trinajstić information content (AvgIpc) is 2.81. The molecule has 1 fully saturated rings. The molecule has 1 aliphatic rings. The van der Waals surface area contributed by atoms with Gasteiger partial charge >= 0.3 is 0 Å². The molecule has 0 saturated carbocycles. The number of amides is 1. The predicted octanol–water partition coefficient (Wildman–Crippen LogP) is 3.49. The summed E-state index contributed by atoms with van der Waals surface area (Å²) in [4.78, 5) is 27.4. The number of nitrogens with zero attached hydrogens (tertiary/aromatic N) is 1. The van der Waals surface area contributed by atoms with Gasteiger partial charge in [-0.05, 0) is 43.7 Å². The first kappa shape index (κ1) is 22.7. The van der Waals surface area contributed by atoms with Crippen LogP contribution in [0.4, 0.5) is 0 Å². The maximum Gasteiger partial charge on any atom is 0.260 e. The Morgan fingerprint density at radius 3 is 2.45 bits per heavy atom. The number of rotatable bonds is 6. The lowest BCUT2D eigenvalue weighted by atomic mass is 10.0. The van der Waals surface area contributed by atoms with Crippen molar-refractivity contribution in [3.05, 3.63) is 52.9 Å². The van der Waals surface area contributed by atoms with E-state index in [0.717, 1.165) is 0 Å². The summed E-state index contributed by atoms with van der Waals surface area (Å²) in [6.45, 7) is 4.87. The molecule has 174 valence electrons. The van der Waals surface area contributed by atoms with E-state index in [2.05, 4.69) is 0 Å². The lowest BCUT2D eigenvalue weighted by molar-refractivity contribution is -0.145. The smallest absolute Gasteiger partial charge is 0.260 e. The molecular formula is C25H27NO7. The monoisotopic (exact) mass is 453 g/mol. The lowest BCUT2D eigenvalue weighted by Crippen LogP contribution is -2.49. The first-order valence-corrected chi connectivity index (χ1v) is 10.7. The maximum atomic E-state index is 13.1. The van der Waals surface area contributed by atoms with Gasteiger partial charge < -0.3 is 28.3 Å². The van der Waals surface area contributed by atoms with Gasteiger partial charge in [-0.3, -0.25) is 9.59 Å². The van der Waals surface area contributed by atoms with Gasteiger partial charge in [-0.25, -0.2) is 0 Å². The second kappa shape index (κ2) is 9.54. The zero-order valence-electron chi connectivity index (χ0n) is 19.1. The van der Waals surface area contributed by atoms with Crippen molar-refractivity contribution < 1.29 is 28.2 Å². The quantitative estimate of drug-likeness (QED) is 0.565. The van der Waals surface area contributed by atoms with E-state index >= 15 is 0 Å². The first-order valence-electron chi connectivity index (χ1n) is 10.7. The van der Waals surface area contributed by atoms with Crippen LogP contribution in [-0.4, -0.2) is 56.9 Å². The Labute approximate surface area is 191 Å². The molecule has 4 rings (SSSR count). The van der Waals surface area contributed by atoms with E-state index in [1.807, 2.05) is 13.8 Å². The van der Waals surface area contributed by atoms with E-state index in [1.54, 1.807) is 48.4 Å². The SMILES string of the molecule is COc1ccc(-c2coc3cc(OCC(=O)N4C[C@H](C)O[C@@H](C)C4)ccc3c2=O)cc1OC. The van der Waals surface area contributed by atoms with Crippen molar-refractivity contribution in [1.29, 1.82) is 0 Å². The van der Waals surface area contributed by atoms with E-state index < -0.39 is 0 Å². The van der Waals surface area contributed by atoms with Crippen molar-refractivity contribution in [3.63, 3.8) is 0 Å². The minimum atomic E-state index is -0.178. The Balaban J connectivity index is 1.52. The van der Waals surface area contributed by atoms with Gasteiger partial charge in [-0.1, -0.05) is 6.07 Å². The van der Waals surface area contributed by atoms with Crippen molar-refractivity contribution in [3.8, 4) is 28.4 Å². The van der Waals surface area contributed by atoms with E-state index in [-0.39, 0.29) is 30.2 Å². The van der Waals surface area contributed by atoms with Crippen molar-refractivity contribution in [2.75, 3.05) is 33.9 Å². The predicted molar refractivity (Wildman–Crippen MR) is 123 cm³/mol. The van der Waals surface area contributed by atoms with Crippen LogP contribution in [0.15, 0.2) is 51.9 Å². The molecule has 2 atom stereocenters. The van der Waals surface area contributed by atoms with E-state index in [4.69, 9.17) is 23.4 Å². The summed E-state index contributed by atoms with van der Waals surface area (Å²) in [5.41, 5.74) is 1.26. The Kier molecular flexibility index (Phi) is 6.55. The molecule has 0 spiro atoms. The minimum Gasteiger partial charge on any atom is -0.493 e. The highest BCUT2D eigenvalue weighted by Crippen LogP contribution is 2.32. The van der Waals surface area contributed by atoms with Gasteiger partial charge in [0.05, 0.1) is 37.4 Å². The number of hydrogen-bond acceptors (Lipinski definition) is 7. The van der Waals surface area contributed by atoms with Crippen LogP contribution >= 0.6 is 0 Å². The van der Waals surface area contributed by atoms with E-state index in [9.17, 15) is 9.59 Å². The lowest BCUT2D eigenvalue weighted by Gasteiger charge is -2.35. The van der Waals surface area contributed by atoms with E-state index in [1.165, 1.54) is 13.4 Å². The summed E-state index contributed by atoms with van der Waals surface area (Å²) in [5.74, 6) is 1.44. The number of morpholine rings is 1. The van der Waals surface area contributed by atoms with Gasteiger partial charge in [-0.15, -0.1) is 0 Å². The Morgan fingerprint density at radius 2 is 1.76 bits per heavy atom. The molecule has 2 aromatic carbocycles. The minimum absolute atomic E-state index is 0.00694. The molecule has 1 aliphatic heterocycles. The number of ether oxygens (including phenoxy) is 4. The molecule has 33 heavy (non-hydrogen) atoms. The summed E-state index contributed by atoms with van der Waals surface area (Å²) in [5, 5.41) is 0.414. The van der Waals surface area contributed by atoms with Crippen molar-refractivity contribution in [2.24, 2.45) is 0 Å². The molecule has 2 heterocycles. The van der Waals surface area contributed by atoms with Crippen LogP contribution in [0.5, 0.6) is 17.2 Å². The summed E-state index contributed by atoms with van der Waals surface area (Å²) in [6, 6.07) is 10.2. The van der Waals surface area contributed by atoms with Crippen LogP contribution in [0.2, 0.25) is 0 Å². The second-order valence-corrected chi connectivity index (χ2v) is 8.05. The Hall–Kier alpha value is -3.52. The maximum absolute atomic E-state index is 13.1. The normalized spacial score (nSPS) is 18.2. The van der Waals surface area contributed by atoms with Crippen molar-refractivity contribution in [2.45, 2.75) is 26.1 Å². The zero-order valence-corrected chi connectivity index (χ0v) is 19.1. The van der Waals surface area contributed by atoms with Crippen molar-refractivity contribution >= 4 is 16.9 Å². The van der Waals surface area contributed by atoms with Crippen LogP contribution in [-0.2, 0) is 9.53 Å². The third kappa shape index (κ3) is 4.80. The van der Waals surface area contributed by atoms with Crippen LogP contribution < -0.4 is 19.6 Å². The third-order valence-electron chi connectivity index (χ3n) is 5.58. The fraction of sp³-hybridized carbons (Fsp3) is 0.360. The molecule has 0 bridgehead atoms. The molecular weight excluding hydrogens is 426 g/mol. The fourth-order valence-corrected chi connectivity index (χ4v) is 4.02. The third-order valence-corrected chi connectivity index (χ3v) is 5.58. The van der Waals surface area contributed by atoms with Gasteiger partial charge in [0, 0.05) is 19.2 Å². The zero-order chi connectivity index (χ0) is 23.5. The van der Waals surface area contributed by atoms with E-state index in [0.29, 0.717) is 52.4 Å². The highest BCUT2D eigenvalue weighted by Gasteiger charge is 2.26. The molecule has 1 saturated heterocycles. The van der Waals surface area contributed by atoms with Gasteiger partial charge in [0.2, 0.25) is 0 Å². The summed E-state index contributed by atoms with van der Waals surface area (Å²) in [6.07, 6.45) is 1.40. The number of hydrogen-bond donors (Lipinski definition) is 0. The van der Waals surface area contributed by atoms with Gasteiger partial charge in [0.15, 0.2) is 23.5 Å². The molecule has 0 unspecified atom stereocenters. The van der Waals surface area contributed by atoms with Gasteiger partial charge in [0.25, 0.3) is 5.91 Å². The Morgan fingerprint density at radius 1 is 1.03 bits per heavy atom. The van der Waals surface area contributed by atoms with Gasteiger partial charge in [0.1, 0.15) is 17.6 Å². The Bertz CT molecular complexity index is 1210. The molecule has 1 aromatic heterocycles. The summed E-state index contributed by atoms with van der Waals surface area (Å²) >= 11 is 0. The number of benzene rings is 2. The van der Waals surface area contributed by atoms with Crippen LogP contribution in [0.3, 0.4) is 0 Å². The molecule has 8 nitrogen and oxygen atoms in total. The molecule has 8 heteroatoms. The number of carbonyl (C=O) groups is 1. The number of carbonyl (C=O) groups excluding carboxylic acids is 1. The number of methoxy groups -OCH3 is 2. The largest absolute Gasteiger partial charge is 0.493 e. The number of fused-ring (bicyclic) bond motifs is 1. The fourth-order valence-electron chi connectivity index (χ4n) is 4.02. The molecule has 0 aliphatic carbocycles. The van der Waals surface area contributed by atoms with Crippen molar-refractivity contribution in [1.82, 2.24) is 4.90 Å². The van der Waals surface area contributed by atoms with Crippen LogP contribution in [0, 0.1) is 0 Å². The first-order chi connectivity index (χ1) is 15.9. The highest BCUT2D eigenvalue weighted by atomic mass is 16.5. The average molecular weight is 453 g/mol. The van der Waals surface area contributed by atoms with Crippen LogP contribution in [0.1, 0.15) is 13.8 Å². The molecule has 3 aromatic rings. The molecule has 1 amide bonds. The van der Waals surface area contributed by atoms with Crippen LogP contribution in [0.25, 0.3) is 22.1 Å². The topological polar surface area (TPSA) is 87.4 Å². The summed E-state index contributed by atoms with van der Waals surface area (Å²) in [7, 11) is 3.09. The highest BCUT2D eigenvalue weighted by molar-refractivity contribution is 5.83. The molecule has 0 radical (unpaired) electrons. The second-order valence-electron chi connectivity index (χ2n) is 8.05. The summed E-state index contributed by atoms with van der Waals surface area (Å²) < 4.78 is 27.7. The van der Waals surface area contributed by atoms with Gasteiger partial charge in [-0.2, -0.15) is 0 Å². The molecule has 0 N–H and O–H groups in total.